The van der Waals surface area contributed by atoms with Crippen LogP contribution < -0.4 is 15.4 Å². The molecule has 8 heteroatoms. The van der Waals surface area contributed by atoms with Gasteiger partial charge in [-0.2, -0.15) is 5.10 Å². The maximum atomic E-state index is 13.1. The smallest absolute Gasteiger partial charge is 0.247 e. The van der Waals surface area contributed by atoms with Crippen LogP contribution in [0.1, 0.15) is 17.2 Å². The maximum Gasteiger partial charge on any atom is 0.247 e. The van der Waals surface area contributed by atoms with E-state index in [9.17, 15) is 4.79 Å². The van der Waals surface area contributed by atoms with Gasteiger partial charge in [-0.1, -0.05) is 54.1 Å². The van der Waals surface area contributed by atoms with Gasteiger partial charge < -0.3 is 15.4 Å². The van der Waals surface area contributed by atoms with Crippen LogP contribution in [0.4, 0.5) is 5.82 Å². The number of aromatic nitrogens is 3. The van der Waals surface area contributed by atoms with Gasteiger partial charge >= 0.3 is 0 Å². The van der Waals surface area contributed by atoms with Crippen molar-refractivity contribution >= 4 is 23.3 Å². The molecular formula is C26H26ClN5O2. The van der Waals surface area contributed by atoms with E-state index in [4.69, 9.17) is 16.3 Å². The molecule has 4 rings (SSSR count). The minimum atomic E-state index is -0.514. The molecule has 7 nitrogen and oxygen atoms in total. The zero-order valence-corrected chi connectivity index (χ0v) is 19.4. The predicted molar refractivity (Wildman–Crippen MR) is 133 cm³/mol. The molecule has 0 saturated heterocycles. The Kier molecular flexibility index (Phi) is 8.27. The van der Waals surface area contributed by atoms with E-state index in [0.717, 1.165) is 17.5 Å². The topological polar surface area (TPSA) is 81.1 Å². The van der Waals surface area contributed by atoms with Gasteiger partial charge in [0.2, 0.25) is 5.91 Å². The van der Waals surface area contributed by atoms with Gasteiger partial charge in [-0.3, -0.25) is 9.48 Å². The number of rotatable bonds is 11. The van der Waals surface area contributed by atoms with E-state index in [2.05, 4.69) is 20.7 Å². The fourth-order valence-electron chi connectivity index (χ4n) is 3.45. The molecule has 174 valence electrons. The zero-order chi connectivity index (χ0) is 23.6. The number of halogens is 1. The second-order valence-electron chi connectivity index (χ2n) is 7.66. The SMILES string of the molecule is O=C(Nc1ccc(OCCn2cccn2)cn1)[C@H](NCCc1ccc(Cl)cc1)c1ccccc1. The molecule has 0 radical (unpaired) electrons. The second-order valence-corrected chi connectivity index (χ2v) is 8.10. The number of carbonyl (C=O) groups is 1. The van der Waals surface area contributed by atoms with Crippen LogP contribution in [0.15, 0.2) is 91.4 Å². The Bertz CT molecular complexity index is 1150. The van der Waals surface area contributed by atoms with Crippen LogP contribution >= 0.6 is 11.6 Å². The Balaban J connectivity index is 1.33. The number of nitrogens with one attached hydrogen (secondary N) is 2. The molecule has 1 atom stereocenters. The molecule has 0 aliphatic carbocycles. The number of nitrogens with zero attached hydrogens (tertiary/aromatic N) is 3. The van der Waals surface area contributed by atoms with Gasteiger partial charge in [0.25, 0.3) is 0 Å². The highest BCUT2D eigenvalue weighted by Crippen LogP contribution is 2.18. The third kappa shape index (κ3) is 6.91. The number of amides is 1. The van der Waals surface area contributed by atoms with Gasteiger partial charge in [0, 0.05) is 24.0 Å². The number of hydrogen-bond acceptors (Lipinski definition) is 5. The molecule has 2 heterocycles. The number of benzene rings is 2. The summed E-state index contributed by atoms with van der Waals surface area (Å²) in [5.74, 6) is 0.915. The first-order valence-corrected chi connectivity index (χ1v) is 11.4. The molecule has 2 aromatic heterocycles. The molecule has 0 unspecified atom stereocenters. The van der Waals surface area contributed by atoms with Crippen LogP contribution in [0, 0.1) is 0 Å². The van der Waals surface area contributed by atoms with Crippen LogP contribution in [0.25, 0.3) is 0 Å². The summed E-state index contributed by atoms with van der Waals surface area (Å²) in [6.07, 6.45) is 5.99. The van der Waals surface area contributed by atoms with E-state index in [0.29, 0.717) is 36.3 Å². The van der Waals surface area contributed by atoms with E-state index in [-0.39, 0.29) is 5.91 Å². The summed E-state index contributed by atoms with van der Waals surface area (Å²) >= 11 is 5.96. The first kappa shape index (κ1) is 23.5. The van der Waals surface area contributed by atoms with Gasteiger partial charge in [0.05, 0.1) is 12.7 Å². The van der Waals surface area contributed by atoms with Crippen LogP contribution in [-0.4, -0.2) is 33.8 Å². The molecule has 4 aromatic rings. The van der Waals surface area contributed by atoms with Crippen molar-refractivity contribution in [2.24, 2.45) is 0 Å². The molecule has 34 heavy (non-hydrogen) atoms. The number of anilines is 1. The van der Waals surface area contributed by atoms with E-state index >= 15 is 0 Å². The Morgan fingerprint density at radius 3 is 2.56 bits per heavy atom. The average Bonchev–Trinajstić information content (AvgIpc) is 3.38. The number of pyridine rings is 1. The van der Waals surface area contributed by atoms with Crippen molar-refractivity contribution in [3.63, 3.8) is 0 Å². The van der Waals surface area contributed by atoms with Crippen LogP contribution in [-0.2, 0) is 17.8 Å². The summed E-state index contributed by atoms with van der Waals surface area (Å²) in [6, 6.07) is 22.2. The van der Waals surface area contributed by atoms with Crippen molar-refractivity contribution in [1.29, 1.82) is 0 Å². The standard InChI is InChI=1S/C26H26ClN5O2/c27-22-9-7-20(8-10-22)13-15-28-25(21-5-2-1-3-6-21)26(33)31-24-12-11-23(19-29-24)34-18-17-32-16-4-14-30-32/h1-12,14,16,19,25,28H,13,15,17-18H2,(H,29,31,33)/t25-/m1/s1. The molecule has 2 aromatic carbocycles. The molecule has 1 amide bonds. The van der Waals surface area contributed by atoms with E-state index < -0.39 is 6.04 Å². The van der Waals surface area contributed by atoms with Gasteiger partial charge in [-0.15, -0.1) is 0 Å². The van der Waals surface area contributed by atoms with Crippen molar-refractivity contribution in [3.8, 4) is 5.75 Å². The summed E-state index contributed by atoms with van der Waals surface area (Å²) in [7, 11) is 0. The molecule has 0 spiro atoms. The molecule has 0 bridgehead atoms. The Labute approximate surface area is 203 Å². The normalized spacial score (nSPS) is 11.7. The molecule has 0 aliphatic heterocycles. The van der Waals surface area contributed by atoms with E-state index in [1.807, 2.05) is 66.9 Å². The second kappa shape index (κ2) is 12.0. The Morgan fingerprint density at radius 2 is 1.85 bits per heavy atom. The summed E-state index contributed by atoms with van der Waals surface area (Å²) in [5.41, 5.74) is 2.03. The third-order valence-electron chi connectivity index (χ3n) is 5.21. The Morgan fingerprint density at radius 1 is 1.03 bits per heavy atom. The van der Waals surface area contributed by atoms with Gasteiger partial charge in [-0.25, -0.2) is 4.98 Å². The van der Waals surface area contributed by atoms with Crippen molar-refractivity contribution in [2.45, 2.75) is 19.0 Å². The van der Waals surface area contributed by atoms with E-state index in [1.54, 1.807) is 29.2 Å². The van der Waals surface area contributed by atoms with Gasteiger partial charge in [0.1, 0.15) is 24.2 Å². The Hall–Kier alpha value is -3.68. The highest BCUT2D eigenvalue weighted by Gasteiger charge is 2.20. The average molecular weight is 476 g/mol. The number of hydrogen-bond donors (Lipinski definition) is 2. The zero-order valence-electron chi connectivity index (χ0n) is 18.6. The summed E-state index contributed by atoms with van der Waals surface area (Å²) in [4.78, 5) is 17.4. The summed E-state index contributed by atoms with van der Waals surface area (Å²) < 4.78 is 7.50. The lowest BCUT2D eigenvalue weighted by atomic mass is 10.1. The van der Waals surface area contributed by atoms with Crippen molar-refractivity contribution in [3.05, 3.63) is 108 Å². The lowest BCUT2D eigenvalue weighted by Gasteiger charge is -2.19. The first-order valence-electron chi connectivity index (χ1n) is 11.1. The lowest BCUT2D eigenvalue weighted by molar-refractivity contribution is -0.118. The van der Waals surface area contributed by atoms with Gasteiger partial charge in [-0.05, 0) is 47.9 Å². The van der Waals surface area contributed by atoms with Crippen LogP contribution in [0.5, 0.6) is 5.75 Å². The first-order chi connectivity index (χ1) is 16.7. The van der Waals surface area contributed by atoms with Gasteiger partial charge in [0.15, 0.2) is 0 Å². The molecule has 0 fully saturated rings. The van der Waals surface area contributed by atoms with Crippen molar-refractivity contribution in [1.82, 2.24) is 20.1 Å². The highest BCUT2D eigenvalue weighted by molar-refractivity contribution is 6.30. The quantitative estimate of drug-likeness (QED) is 0.333. The third-order valence-corrected chi connectivity index (χ3v) is 5.46. The lowest BCUT2D eigenvalue weighted by Crippen LogP contribution is -2.34. The fraction of sp³-hybridized carbons (Fsp3) is 0.192. The van der Waals surface area contributed by atoms with Crippen LogP contribution in [0.3, 0.4) is 0 Å². The largest absolute Gasteiger partial charge is 0.490 e. The molecular weight excluding hydrogens is 450 g/mol. The summed E-state index contributed by atoms with van der Waals surface area (Å²) in [6.45, 7) is 1.75. The minimum Gasteiger partial charge on any atom is -0.490 e. The highest BCUT2D eigenvalue weighted by atomic mass is 35.5. The van der Waals surface area contributed by atoms with Crippen molar-refractivity contribution in [2.75, 3.05) is 18.5 Å². The monoisotopic (exact) mass is 475 g/mol. The fourth-order valence-corrected chi connectivity index (χ4v) is 3.57. The minimum absolute atomic E-state index is 0.179. The number of ether oxygens (including phenoxy) is 1. The molecule has 2 N–H and O–H groups in total. The summed E-state index contributed by atoms with van der Waals surface area (Å²) in [5, 5.41) is 11.1. The number of carbonyl (C=O) groups excluding carboxylic acids is 1. The van der Waals surface area contributed by atoms with E-state index in [1.165, 1.54) is 0 Å². The molecule has 0 saturated carbocycles. The maximum absolute atomic E-state index is 13.1. The van der Waals surface area contributed by atoms with Crippen molar-refractivity contribution < 1.29 is 9.53 Å². The molecule has 0 aliphatic rings. The van der Waals surface area contributed by atoms with Crippen LogP contribution in [0.2, 0.25) is 5.02 Å². The predicted octanol–water partition coefficient (Wildman–Crippen LogP) is 4.52.